The van der Waals surface area contributed by atoms with E-state index in [1.54, 1.807) is 10.9 Å². The lowest BCUT2D eigenvalue weighted by molar-refractivity contribution is -0.0208. The van der Waals surface area contributed by atoms with Gasteiger partial charge in [0.1, 0.15) is 12.0 Å². The van der Waals surface area contributed by atoms with Crippen LogP contribution in [0.3, 0.4) is 0 Å². The molecule has 3 aromatic rings. The van der Waals surface area contributed by atoms with Gasteiger partial charge in [0.15, 0.2) is 0 Å². The lowest BCUT2D eigenvalue weighted by Crippen LogP contribution is -2.51. The zero-order valence-electron chi connectivity index (χ0n) is 18.2. The van der Waals surface area contributed by atoms with Crippen molar-refractivity contribution in [3.8, 4) is 0 Å². The molecule has 0 saturated carbocycles. The van der Waals surface area contributed by atoms with Crippen molar-refractivity contribution in [3.63, 3.8) is 0 Å². The Hall–Kier alpha value is -2.44. The fourth-order valence-electron chi connectivity index (χ4n) is 4.78. The lowest BCUT2D eigenvalue weighted by Gasteiger charge is -2.37. The fraction of sp³-hybridized carbons (Fsp3) is 0.500. The zero-order chi connectivity index (χ0) is 21.3. The minimum absolute atomic E-state index is 0.0635. The fourth-order valence-corrected chi connectivity index (χ4v) is 4.78. The third kappa shape index (κ3) is 3.94. The SMILES string of the molecule is CCC[C@H]1C[C@](O)(Cn2cnc3c(c(C)c(C)n3Cc3ccccc3)c2=O)CCN1. The number of piperidine rings is 1. The monoisotopic (exact) mass is 408 g/mol. The summed E-state index contributed by atoms with van der Waals surface area (Å²) in [6.45, 7) is 7.93. The molecule has 0 radical (unpaired) electrons. The molecule has 6 nitrogen and oxygen atoms in total. The lowest BCUT2D eigenvalue weighted by atomic mass is 9.86. The highest BCUT2D eigenvalue weighted by Crippen LogP contribution is 2.26. The normalized spacial score (nSPS) is 21.9. The molecular weight excluding hydrogens is 376 g/mol. The van der Waals surface area contributed by atoms with E-state index in [2.05, 4.69) is 33.9 Å². The van der Waals surface area contributed by atoms with E-state index in [9.17, 15) is 9.90 Å². The summed E-state index contributed by atoms with van der Waals surface area (Å²) in [6, 6.07) is 10.5. The molecule has 2 atom stereocenters. The van der Waals surface area contributed by atoms with Crippen LogP contribution in [-0.4, -0.2) is 37.4 Å². The van der Waals surface area contributed by atoms with E-state index in [4.69, 9.17) is 0 Å². The highest BCUT2D eigenvalue weighted by atomic mass is 16.3. The van der Waals surface area contributed by atoms with Gasteiger partial charge in [0.05, 0.1) is 17.5 Å². The average molecular weight is 409 g/mol. The topological polar surface area (TPSA) is 72.1 Å². The van der Waals surface area contributed by atoms with Crippen LogP contribution in [0.25, 0.3) is 11.0 Å². The van der Waals surface area contributed by atoms with Gasteiger partial charge in [-0.2, -0.15) is 0 Å². The molecule has 3 heterocycles. The largest absolute Gasteiger partial charge is 0.388 e. The Labute approximate surface area is 177 Å². The Kier molecular flexibility index (Phi) is 5.80. The molecule has 2 N–H and O–H groups in total. The maximum absolute atomic E-state index is 13.4. The summed E-state index contributed by atoms with van der Waals surface area (Å²) in [5.41, 5.74) is 2.98. The van der Waals surface area contributed by atoms with Gasteiger partial charge in [0.2, 0.25) is 0 Å². The van der Waals surface area contributed by atoms with Crippen LogP contribution in [0.1, 0.15) is 49.4 Å². The van der Waals surface area contributed by atoms with Gasteiger partial charge in [0.25, 0.3) is 5.56 Å². The number of nitrogens with zero attached hydrogens (tertiary/aromatic N) is 3. The molecule has 6 heteroatoms. The number of rotatable bonds is 6. The Morgan fingerprint density at radius 2 is 2.03 bits per heavy atom. The van der Waals surface area contributed by atoms with Crippen molar-refractivity contribution >= 4 is 11.0 Å². The number of hydrogen-bond acceptors (Lipinski definition) is 4. The molecule has 1 fully saturated rings. The number of aliphatic hydroxyl groups is 1. The summed E-state index contributed by atoms with van der Waals surface area (Å²) in [4.78, 5) is 18.0. The van der Waals surface area contributed by atoms with Crippen molar-refractivity contribution < 1.29 is 5.11 Å². The van der Waals surface area contributed by atoms with Crippen molar-refractivity contribution in [1.29, 1.82) is 0 Å². The van der Waals surface area contributed by atoms with Gasteiger partial charge >= 0.3 is 0 Å². The first-order chi connectivity index (χ1) is 14.4. The van der Waals surface area contributed by atoms with Crippen LogP contribution < -0.4 is 10.9 Å². The van der Waals surface area contributed by atoms with Crippen LogP contribution in [0, 0.1) is 13.8 Å². The molecule has 2 aromatic heterocycles. The van der Waals surface area contributed by atoms with E-state index in [-0.39, 0.29) is 5.56 Å². The molecule has 0 spiro atoms. The Balaban J connectivity index is 1.68. The third-order valence-corrected chi connectivity index (χ3v) is 6.53. The van der Waals surface area contributed by atoms with Crippen molar-refractivity contribution in [3.05, 3.63) is 63.8 Å². The van der Waals surface area contributed by atoms with Gasteiger partial charge in [-0.25, -0.2) is 4.98 Å². The molecular formula is C24H32N4O2. The van der Waals surface area contributed by atoms with E-state index >= 15 is 0 Å². The van der Waals surface area contributed by atoms with Crippen molar-refractivity contribution in [2.45, 2.75) is 71.2 Å². The highest BCUT2D eigenvalue weighted by molar-refractivity contribution is 5.81. The Morgan fingerprint density at radius 3 is 2.77 bits per heavy atom. The first kappa shape index (κ1) is 20.8. The van der Waals surface area contributed by atoms with Gasteiger partial charge in [-0.15, -0.1) is 0 Å². The molecule has 1 aromatic carbocycles. The second kappa shape index (κ2) is 8.36. The van der Waals surface area contributed by atoms with Gasteiger partial charge in [-0.05, 0) is 50.8 Å². The number of benzene rings is 1. The number of aromatic nitrogens is 3. The summed E-state index contributed by atoms with van der Waals surface area (Å²) >= 11 is 0. The molecule has 4 rings (SSSR count). The Morgan fingerprint density at radius 1 is 1.27 bits per heavy atom. The smallest absolute Gasteiger partial charge is 0.263 e. The molecule has 0 aliphatic carbocycles. The van der Waals surface area contributed by atoms with E-state index in [1.807, 2.05) is 32.0 Å². The number of hydrogen-bond donors (Lipinski definition) is 2. The van der Waals surface area contributed by atoms with Gasteiger partial charge < -0.3 is 15.0 Å². The van der Waals surface area contributed by atoms with Gasteiger partial charge in [0, 0.05) is 18.3 Å². The summed E-state index contributed by atoms with van der Waals surface area (Å²) in [7, 11) is 0. The van der Waals surface area contributed by atoms with Crippen LogP contribution in [0.15, 0.2) is 41.5 Å². The molecule has 160 valence electrons. The minimum atomic E-state index is -0.875. The van der Waals surface area contributed by atoms with Crippen LogP contribution in [0.4, 0.5) is 0 Å². The first-order valence-corrected chi connectivity index (χ1v) is 11.0. The molecule has 0 amide bonds. The summed E-state index contributed by atoms with van der Waals surface area (Å²) in [6.07, 6.45) is 5.03. The van der Waals surface area contributed by atoms with Crippen molar-refractivity contribution in [2.24, 2.45) is 0 Å². The summed E-state index contributed by atoms with van der Waals surface area (Å²) < 4.78 is 3.72. The van der Waals surface area contributed by atoms with Crippen LogP contribution in [0.5, 0.6) is 0 Å². The zero-order valence-corrected chi connectivity index (χ0v) is 18.2. The van der Waals surface area contributed by atoms with E-state index < -0.39 is 5.60 Å². The van der Waals surface area contributed by atoms with E-state index in [0.717, 1.165) is 36.3 Å². The standard InChI is InChI=1S/C24H32N4O2/c1-4-8-20-13-24(30,11-12-25-20)15-27-16-26-22-21(23(27)29)17(2)18(3)28(22)14-19-9-6-5-7-10-19/h5-7,9-10,16,20,25,30H,4,8,11-15H2,1-3H3/t20-,24-/m0/s1. The molecule has 30 heavy (non-hydrogen) atoms. The van der Waals surface area contributed by atoms with Crippen LogP contribution in [0.2, 0.25) is 0 Å². The van der Waals surface area contributed by atoms with Gasteiger partial charge in [-0.3, -0.25) is 9.36 Å². The maximum Gasteiger partial charge on any atom is 0.263 e. The predicted molar refractivity (Wildman–Crippen MR) is 120 cm³/mol. The quantitative estimate of drug-likeness (QED) is 0.657. The highest BCUT2D eigenvalue weighted by Gasteiger charge is 2.34. The minimum Gasteiger partial charge on any atom is -0.388 e. The molecule has 1 aliphatic rings. The van der Waals surface area contributed by atoms with E-state index in [0.29, 0.717) is 37.4 Å². The maximum atomic E-state index is 13.4. The number of fused-ring (bicyclic) bond motifs is 1. The van der Waals surface area contributed by atoms with Crippen LogP contribution in [-0.2, 0) is 13.1 Å². The predicted octanol–water partition coefficient (Wildman–Crippen LogP) is 3.15. The second-order valence-corrected chi connectivity index (χ2v) is 8.78. The van der Waals surface area contributed by atoms with Gasteiger partial charge in [-0.1, -0.05) is 43.7 Å². The third-order valence-electron chi connectivity index (χ3n) is 6.53. The average Bonchev–Trinajstić information content (AvgIpc) is 2.96. The van der Waals surface area contributed by atoms with Crippen molar-refractivity contribution in [2.75, 3.05) is 6.54 Å². The Bertz CT molecular complexity index is 1080. The van der Waals surface area contributed by atoms with Crippen molar-refractivity contribution in [1.82, 2.24) is 19.4 Å². The summed E-state index contributed by atoms with van der Waals surface area (Å²) in [5.74, 6) is 0. The van der Waals surface area contributed by atoms with E-state index in [1.165, 1.54) is 5.56 Å². The summed E-state index contributed by atoms with van der Waals surface area (Å²) in [5, 5.41) is 15.4. The molecule has 0 bridgehead atoms. The first-order valence-electron chi connectivity index (χ1n) is 11.0. The number of nitrogens with one attached hydrogen (secondary N) is 1. The molecule has 1 saturated heterocycles. The molecule has 1 aliphatic heterocycles. The second-order valence-electron chi connectivity index (χ2n) is 8.78. The number of aryl methyl sites for hydroxylation is 1. The molecule has 0 unspecified atom stereocenters. The van der Waals surface area contributed by atoms with Crippen LogP contribution >= 0.6 is 0 Å².